The van der Waals surface area contributed by atoms with Crippen LogP contribution < -0.4 is 5.32 Å². The van der Waals surface area contributed by atoms with Crippen molar-refractivity contribution in [2.45, 2.75) is 19.8 Å². The minimum atomic E-state index is 0.950. The van der Waals surface area contributed by atoms with Gasteiger partial charge in [0.05, 0.1) is 0 Å². The lowest BCUT2D eigenvalue weighted by atomic mass is 10.2. The van der Waals surface area contributed by atoms with Gasteiger partial charge >= 0.3 is 0 Å². The summed E-state index contributed by atoms with van der Waals surface area (Å²) >= 11 is 0. The van der Waals surface area contributed by atoms with Crippen molar-refractivity contribution >= 4 is 5.69 Å². The maximum absolute atomic E-state index is 3.43. The summed E-state index contributed by atoms with van der Waals surface area (Å²) in [7, 11) is 0. The van der Waals surface area contributed by atoms with E-state index in [4.69, 9.17) is 0 Å². The number of rotatable bonds is 3. The monoisotopic (exact) mass is 161 g/mol. The Morgan fingerprint density at radius 1 is 1.25 bits per heavy atom. The zero-order valence-electron chi connectivity index (χ0n) is 7.51. The number of hydrogen-bond acceptors (Lipinski definition) is 1. The fourth-order valence-electron chi connectivity index (χ4n) is 1.26. The van der Waals surface area contributed by atoms with Crippen molar-refractivity contribution in [3.05, 3.63) is 29.8 Å². The van der Waals surface area contributed by atoms with Gasteiger partial charge in [-0.3, -0.25) is 0 Å². The Bertz CT molecular complexity index is 246. The molecule has 12 heavy (non-hydrogen) atoms. The maximum Gasteiger partial charge on any atom is 0.0340 e. The molecule has 0 radical (unpaired) electrons. The van der Waals surface area contributed by atoms with Gasteiger partial charge < -0.3 is 5.32 Å². The lowest BCUT2D eigenvalue weighted by molar-refractivity contribution is 0.889. The van der Waals surface area contributed by atoms with Gasteiger partial charge in [-0.15, -0.1) is 0 Å². The van der Waals surface area contributed by atoms with Crippen molar-refractivity contribution < 1.29 is 0 Å². The SMILES string of the molecule is Cc1ccc(NCC2CC2)cc1. The average molecular weight is 161 g/mol. The van der Waals surface area contributed by atoms with Crippen LogP contribution in [0.3, 0.4) is 0 Å². The molecule has 1 nitrogen and oxygen atoms in total. The molecule has 1 saturated carbocycles. The molecule has 1 fully saturated rings. The Balaban J connectivity index is 1.89. The first-order chi connectivity index (χ1) is 5.84. The maximum atomic E-state index is 3.43. The van der Waals surface area contributed by atoms with Crippen molar-refractivity contribution in [1.29, 1.82) is 0 Å². The molecule has 1 aliphatic rings. The summed E-state index contributed by atoms with van der Waals surface area (Å²) in [5, 5.41) is 3.43. The second-order valence-corrected chi connectivity index (χ2v) is 3.69. The summed E-state index contributed by atoms with van der Waals surface area (Å²) in [6.07, 6.45) is 2.83. The number of hydrogen-bond donors (Lipinski definition) is 1. The topological polar surface area (TPSA) is 12.0 Å². The zero-order valence-corrected chi connectivity index (χ0v) is 7.51. The summed E-state index contributed by atoms with van der Waals surface area (Å²) in [5.74, 6) is 0.950. The molecule has 1 N–H and O–H groups in total. The molecule has 0 unspecified atom stereocenters. The zero-order chi connectivity index (χ0) is 8.39. The molecule has 0 bridgehead atoms. The second-order valence-electron chi connectivity index (χ2n) is 3.69. The van der Waals surface area contributed by atoms with Crippen LogP contribution in [0.15, 0.2) is 24.3 Å². The number of anilines is 1. The van der Waals surface area contributed by atoms with E-state index in [9.17, 15) is 0 Å². The van der Waals surface area contributed by atoms with Crippen LogP contribution in [0, 0.1) is 12.8 Å². The average Bonchev–Trinajstić information content (AvgIpc) is 2.87. The Labute approximate surface area is 73.8 Å². The molecule has 1 aromatic rings. The lowest BCUT2D eigenvalue weighted by Crippen LogP contribution is -2.02. The highest BCUT2D eigenvalue weighted by atomic mass is 14.9. The quantitative estimate of drug-likeness (QED) is 0.718. The fourth-order valence-corrected chi connectivity index (χ4v) is 1.26. The molecule has 2 rings (SSSR count). The van der Waals surface area contributed by atoms with Gasteiger partial charge in [0, 0.05) is 12.2 Å². The van der Waals surface area contributed by atoms with E-state index >= 15 is 0 Å². The lowest BCUT2D eigenvalue weighted by Gasteiger charge is -2.04. The van der Waals surface area contributed by atoms with E-state index in [1.54, 1.807) is 0 Å². The van der Waals surface area contributed by atoms with E-state index in [0.29, 0.717) is 0 Å². The molecule has 0 spiro atoms. The third-order valence-electron chi connectivity index (χ3n) is 2.34. The third kappa shape index (κ3) is 2.00. The molecule has 1 aromatic carbocycles. The van der Waals surface area contributed by atoms with Gasteiger partial charge in [0.15, 0.2) is 0 Å². The first-order valence-electron chi connectivity index (χ1n) is 4.65. The normalized spacial score (nSPS) is 16.1. The van der Waals surface area contributed by atoms with Crippen molar-refractivity contribution in [2.24, 2.45) is 5.92 Å². The number of nitrogens with one attached hydrogen (secondary N) is 1. The van der Waals surface area contributed by atoms with E-state index in [1.165, 1.54) is 24.1 Å². The van der Waals surface area contributed by atoms with Crippen LogP contribution in [0.5, 0.6) is 0 Å². The Hall–Kier alpha value is -0.980. The minimum Gasteiger partial charge on any atom is -0.385 e. The Morgan fingerprint density at radius 3 is 2.50 bits per heavy atom. The number of aryl methyl sites for hydroxylation is 1. The summed E-state index contributed by atoms with van der Waals surface area (Å²) in [6.45, 7) is 3.27. The molecule has 0 heterocycles. The first-order valence-corrected chi connectivity index (χ1v) is 4.65. The third-order valence-corrected chi connectivity index (χ3v) is 2.34. The van der Waals surface area contributed by atoms with Gasteiger partial charge in [0.25, 0.3) is 0 Å². The molecule has 1 heteroatoms. The highest BCUT2D eigenvalue weighted by Crippen LogP contribution is 2.28. The molecule has 64 valence electrons. The predicted molar refractivity (Wildman–Crippen MR) is 52.4 cm³/mol. The summed E-state index contributed by atoms with van der Waals surface area (Å²) < 4.78 is 0. The molecular formula is C11H15N. The first kappa shape index (κ1) is 7.66. The van der Waals surface area contributed by atoms with Gasteiger partial charge in [-0.05, 0) is 37.8 Å². The fraction of sp³-hybridized carbons (Fsp3) is 0.455. The van der Waals surface area contributed by atoms with Gasteiger partial charge in [-0.2, -0.15) is 0 Å². The minimum absolute atomic E-state index is 0.950. The molecule has 0 saturated heterocycles. The van der Waals surface area contributed by atoms with E-state index in [-0.39, 0.29) is 0 Å². The second kappa shape index (κ2) is 3.18. The molecule has 0 aromatic heterocycles. The summed E-state index contributed by atoms with van der Waals surface area (Å²) in [6, 6.07) is 8.60. The van der Waals surface area contributed by atoms with E-state index in [1.807, 2.05) is 0 Å². The predicted octanol–water partition coefficient (Wildman–Crippen LogP) is 2.82. The van der Waals surface area contributed by atoms with Crippen molar-refractivity contribution in [1.82, 2.24) is 0 Å². The van der Waals surface area contributed by atoms with Crippen LogP contribution in [0.25, 0.3) is 0 Å². The van der Waals surface area contributed by atoms with Crippen LogP contribution >= 0.6 is 0 Å². The summed E-state index contributed by atoms with van der Waals surface area (Å²) in [5.41, 5.74) is 2.58. The molecular weight excluding hydrogens is 146 g/mol. The Morgan fingerprint density at radius 2 is 1.92 bits per heavy atom. The van der Waals surface area contributed by atoms with Gasteiger partial charge in [-0.25, -0.2) is 0 Å². The molecule has 0 amide bonds. The van der Waals surface area contributed by atoms with Crippen molar-refractivity contribution in [3.8, 4) is 0 Å². The van der Waals surface area contributed by atoms with Crippen LogP contribution in [0.2, 0.25) is 0 Å². The van der Waals surface area contributed by atoms with Crippen LogP contribution in [-0.2, 0) is 0 Å². The highest BCUT2D eigenvalue weighted by molar-refractivity contribution is 5.44. The van der Waals surface area contributed by atoms with Gasteiger partial charge in [-0.1, -0.05) is 17.7 Å². The largest absolute Gasteiger partial charge is 0.385 e. The van der Waals surface area contributed by atoms with Crippen LogP contribution in [0.4, 0.5) is 5.69 Å². The molecule has 0 aliphatic heterocycles. The van der Waals surface area contributed by atoms with Gasteiger partial charge in [0.1, 0.15) is 0 Å². The standard InChI is InChI=1S/C11H15N/c1-9-2-6-11(7-3-9)12-8-10-4-5-10/h2-3,6-7,10,12H,4-5,8H2,1H3. The smallest absolute Gasteiger partial charge is 0.0340 e. The van der Waals surface area contributed by atoms with Crippen LogP contribution in [0.1, 0.15) is 18.4 Å². The van der Waals surface area contributed by atoms with Crippen molar-refractivity contribution in [3.63, 3.8) is 0 Å². The molecule has 0 atom stereocenters. The van der Waals surface area contributed by atoms with Crippen molar-refractivity contribution in [2.75, 3.05) is 11.9 Å². The number of benzene rings is 1. The Kier molecular flexibility index (Phi) is 2.03. The summed E-state index contributed by atoms with van der Waals surface area (Å²) in [4.78, 5) is 0. The van der Waals surface area contributed by atoms with E-state index in [0.717, 1.165) is 12.5 Å². The van der Waals surface area contributed by atoms with Gasteiger partial charge in [0.2, 0.25) is 0 Å². The molecule has 1 aliphatic carbocycles. The van der Waals surface area contributed by atoms with Crippen LogP contribution in [-0.4, -0.2) is 6.54 Å². The highest BCUT2D eigenvalue weighted by Gasteiger charge is 2.20. The van der Waals surface area contributed by atoms with E-state index in [2.05, 4.69) is 36.5 Å². The van der Waals surface area contributed by atoms with E-state index < -0.39 is 0 Å².